The minimum atomic E-state index is -0.351. The van der Waals surface area contributed by atoms with E-state index in [2.05, 4.69) is 4.90 Å². The number of ether oxygens (including phenoxy) is 1. The van der Waals surface area contributed by atoms with Crippen molar-refractivity contribution in [2.45, 2.75) is 32.8 Å². The zero-order valence-electron chi connectivity index (χ0n) is 10.8. The minimum absolute atomic E-state index is 0.135. The first-order valence-electron chi connectivity index (χ1n) is 6.33. The number of anilines is 1. The molecule has 0 amide bonds. The molecule has 1 aromatic carbocycles. The van der Waals surface area contributed by atoms with Crippen LogP contribution in [0.15, 0.2) is 18.2 Å². The SMILES string of the molecule is CC(C)OC(=O)c1cc(N2CCCC2)ccc1Cl. The predicted octanol–water partition coefficient (Wildman–Crippen LogP) is 3.51. The average molecular weight is 268 g/mol. The molecular formula is C14H18ClNO2. The average Bonchev–Trinajstić information content (AvgIpc) is 2.82. The number of carbonyl (C=O) groups is 1. The number of hydrogen-bond acceptors (Lipinski definition) is 3. The van der Waals surface area contributed by atoms with Crippen LogP contribution in [0.4, 0.5) is 5.69 Å². The Hall–Kier alpha value is -1.22. The molecule has 1 heterocycles. The van der Waals surface area contributed by atoms with E-state index >= 15 is 0 Å². The van der Waals surface area contributed by atoms with Crippen molar-refractivity contribution in [3.63, 3.8) is 0 Å². The van der Waals surface area contributed by atoms with Crippen LogP contribution in [0.3, 0.4) is 0 Å². The van der Waals surface area contributed by atoms with Gasteiger partial charge in [0.25, 0.3) is 0 Å². The van der Waals surface area contributed by atoms with Gasteiger partial charge in [0.2, 0.25) is 0 Å². The molecule has 1 aliphatic heterocycles. The van der Waals surface area contributed by atoms with Gasteiger partial charge in [0.15, 0.2) is 0 Å². The summed E-state index contributed by atoms with van der Waals surface area (Å²) in [6, 6.07) is 5.56. The van der Waals surface area contributed by atoms with E-state index in [-0.39, 0.29) is 12.1 Å². The molecule has 1 aliphatic rings. The second kappa shape index (κ2) is 5.61. The zero-order valence-corrected chi connectivity index (χ0v) is 11.5. The third kappa shape index (κ3) is 2.96. The summed E-state index contributed by atoms with van der Waals surface area (Å²) in [6.45, 7) is 5.74. The highest BCUT2D eigenvalue weighted by atomic mass is 35.5. The fourth-order valence-electron chi connectivity index (χ4n) is 2.12. The molecule has 2 rings (SSSR count). The lowest BCUT2D eigenvalue weighted by Gasteiger charge is -2.19. The van der Waals surface area contributed by atoms with Crippen molar-refractivity contribution in [1.82, 2.24) is 0 Å². The quantitative estimate of drug-likeness (QED) is 0.785. The van der Waals surface area contributed by atoms with E-state index in [1.165, 1.54) is 12.8 Å². The van der Waals surface area contributed by atoms with Crippen LogP contribution in [0.2, 0.25) is 5.02 Å². The van der Waals surface area contributed by atoms with E-state index in [1.54, 1.807) is 6.07 Å². The van der Waals surface area contributed by atoms with E-state index in [4.69, 9.17) is 16.3 Å². The second-order valence-corrected chi connectivity index (χ2v) is 5.22. The third-order valence-corrected chi connectivity index (χ3v) is 3.31. The summed E-state index contributed by atoms with van der Waals surface area (Å²) in [7, 11) is 0. The summed E-state index contributed by atoms with van der Waals surface area (Å²) >= 11 is 6.06. The molecule has 4 heteroatoms. The van der Waals surface area contributed by atoms with Crippen LogP contribution in [0.5, 0.6) is 0 Å². The standard InChI is InChI=1S/C14H18ClNO2/c1-10(2)18-14(17)12-9-11(5-6-13(12)15)16-7-3-4-8-16/h5-6,9-10H,3-4,7-8H2,1-2H3. The van der Waals surface area contributed by atoms with Crippen molar-refractivity contribution in [2.24, 2.45) is 0 Å². The lowest BCUT2D eigenvalue weighted by Crippen LogP contribution is -2.18. The topological polar surface area (TPSA) is 29.5 Å². The van der Waals surface area contributed by atoms with Crippen LogP contribution < -0.4 is 4.90 Å². The monoisotopic (exact) mass is 267 g/mol. The molecule has 0 spiro atoms. The number of carbonyl (C=O) groups excluding carboxylic acids is 1. The molecule has 0 N–H and O–H groups in total. The van der Waals surface area contributed by atoms with E-state index in [0.717, 1.165) is 18.8 Å². The van der Waals surface area contributed by atoms with E-state index < -0.39 is 0 Å². The summed E-state index contributed by atoms with van der Waals surface area (Å²) < 4.78 is 5.19. The van der Waals surface area contributed by atoms with Crippen LogP contribution in [-0.2, 0) is 4.74 Å². The molecule has 1 aromatic rings. The van der Waals surface area contributed by atoms with Crippen LogP contribution in [0.1, 0.15) is 37.0 Å². The van der Waals surface area contributed by atoms with Crippen molar-refractivity contribution < 1.29 is 9.53 Å². The van der Waals surface area contributed by atoms with Gasteiger partial charge in [0.05, 0.1) is 16.7 Å². The first kappa shape index (κ1) is 13.2. The fraction of sp³-hybridized carbons (Fsp3) is 0.500. The zero-order chi connectivity index (χ0) is 13.1. The van der Waals surface area contributed by atoms with Crippen molar-refractivity contribution in [3.8, 4) is 0 Å². The maximum absolute atomic E-state index is 11.9. The van der Waals surface area contributed by atoms with Gasteiger partial charge in [-0.05, 0) is 44.9 Å². The summed E-state index contributed by atoms with van der Waals surface area (Å²) in [5.41, 5.74) is 1.50. The van der Waals surface area contributed by atoms with Gasteiger partial charge in [-0.15, -0.1) is 0 Å². The van der Waals surface area contributed by atoms with Crippen LogP contribution in [0, 0.1) is 0 Å². The number of rotatable bonds is 3. The molecule has 3 nitrogen and oxygen atoms in total. The fourth-order valence-corrected chi connectivity index (χ4v) is 2.31. The molecule has 0 radical (unpaired) electrons. The molecular weight excluding hydrogens is 250 g/mol. The first-order valence-corrected chi connectivity index (χ1v) is 6.71. The molecule has 1 saturated heterocycles. The van der Waals surface area contributed by atoms with Crippen LogP contribution in [0.25, 0.3) is 0 Å². The highest BCUT2D eigenvalue weighted by Gasteiger charge is 2.18. The molecule has 18 heavy (non-hydrogen) atoms. The van der Waals surface area contributed by atoms with Gasteiger partial charge in [-0.2, -0.15) is 0 Å². The maximum Gasteiger partial charge on any atom is 0.339 e. The summed E-state index contributed by atoms with van der Waals surface area (Å²) in [5, 5.41) is 0.448. The highest BCUT2D eigenvalue weighted by molar-refractivity contribution is 6.33. The van der Waals surface area contributed by atoms with Crippen molar-refractivity contribution in [2.75, 3.05) is 18.0 Å². The Bertz CT molecular complexity index is 439. The van der Waals surface area contributed by atoms with Crippen molar-refractivity contribution in [1.29, 1.82) is 0 Å². The van der Waals surface area contributed by atoms with Crippen LogP contribution >= 0.6 is 11.6 Å². The Morgan fingerprint density at radius 1 is 1.33 bits per heavy atom. The smallest absolute Gasteiger partial charge is 0.339 e. The molecule has 0 unspecified atom stereocenters. The molecule has 0 aromatic heterocycles. The lowest BCUT2D eigenvalue weighted by molar-refractivity contribution is 0.0378. The summed E-state index contributed by atoms with van der Waals surface area (Å²) in [6.07, 6.45) is 2.27. The second-order valence-electron chi connectivity index (χ2n) is 4.81. The predicted molar refractivity (Wildman–Crippen MR) is 73.5 cm³/mol. The van der Waals surface area contributed by atoms with E-state index in [1.807, 2.05) is 26.0 Å². The first-order chi connectivity index (χ1) is 8.58. The largest absolute Gasteiger partial charge is 0.459 e. The maximum atomic E-state index is 11.9. The van der Waals surface area contributed by atoms with Crippen molar-refractivity contribution >= 4 is 23.3 Å². The Morgan fingerprint density at radius 3 is 2.61 bits per heavy atom. The van der Waals surface area contributed by atoms with Gasteiger partial charge in [-0.1, -0.05) is 11.6 Å². The molecule has 0 aliphatic carbocycles. The van der Waals surface area contributed by atoms with E-state index in [9.17, 15) is 4.79 Å². The van der Waals surface area contributed by atoms with Gasteiger partial charge < -0.3 is 9.64 Å². The molecule has 0 saturated carbocycles. The van der Waals surface area contributed by atoms with E-state index in [0.29, 0.717) is 10.6 Å². The summed E-state index contributed by atoms with van der Waals surface area (Å²) in [4.78, 5) is 14.2. The van der Waals surface area contributed by atoms with Gasteiger partial charge in [-0.25, -0.2) is 4.79 Å². The highest BCUT2D eigenvalue weighted by Crippen LogP contribution is 2.26. The van der Waals surface area contributed by atoms with Gasteiger partial charge in [-0.3, -0.25) is 0 Å². The number of hydrogen-bond donors (Lipinski definition) is 0. The van der Waals surface area contributed by atoms with Gasteiger partial charge in [0.1, 0.15) is 0 Å². The van der Waals surface area contributed by atoms with Crippen LogP contribution in [-0.4, -0.2) is 25.2 Å². The van der Waals surface area contributed by atoms with Crippen molar-refractivity contribution in [3.05, 3.63) is 28.8 Å². The lowest BCUT2D eigenvalue weighted by atomic mass is 10.2. The molecule has 0 atom stereocenters. The Balaban J connectivity index is 2.23. The minimum Gasteiger partial charge on any atom is -0.459 e. The molecule has 1 fully saturated rings. The molecule has 98 valence electrons. The number of halogens is 1. The van der Waals surface area contributed by atoms with Gasteiger partial charge in [0, 0.05) is 18.8 Å². The third-order valence-electron chi connectivity index (χ3n) is 2.98. The Kier molecular flexibility index (Phi) is 4.12. The Morgan fingerprint density at radius 2 is 2.00 bits per heavy atom. The molecule has 0 bridgehead atoms. The van der Waals surface area contributed by atoms with Gasteiger partial charge >= 0.3 is 5.97 Å². The number of nitrogens with zero attached hydrogens (tertiary/aromatic N) is 1. The Labute approximate surface area is 113 Å². The normalized spacial score (nSPS) is 15.2. The number of esters is 1. The number of benzene rings is 1. The summed E-state index contributed by atoms with van der Waals surface area (Å²) in [5.74, 6) is -0.351.